The number of rotatable bonds is 10. The van der Waals surface area contributed by atoms with Gasteiger partial charge < -0.3 is 19.5 Å². The van der Waals surface area contributed by atoms with Crippen LogP contribution in [0.15, 0.2) is 48.5 Å². The van der Waals surface area contributed by atoms with Crippen LogP contribution in [0.25, 0.3) is 0 Å². The van der Waals surface area contributed by atoms with Gasteiger partial charge in [0, 0.05) is 31.2 Å². The minimum Gasteiger partial charge on any atom is -0.395 e. The Hall–Kier alpha value is -1.63. The van der Waals surface area contributed by atoms with Gasteiger partial charge in [0.25, 0.3) is 5.91 Å². The van der Waals surface area contributed by atoms with Crippen molar-refractivity contribution in [1.29, 1.82) is 0 Å². The van der Waals surface area contributed by atoms with Gasteiger partial charge in [0.05, 0.1) is 23.3 Å². The van der Waals surface area contributed by atoms with E-state index in [1.807, 2.05) is 30.3 Å². The highest BCUT2D eigenvalue weighted by atomic mass is 35.5. The van der Waals surface area contributed by atoms with E-state index >= 15 is 0 Å². The quantitative estimate of drug-likeness (QED) is 0.527. The molecule has 5 nitrogen and oxygen atoms in total. The predicted molar refractivity (Wildman–Crippen MR) is 123 cm³/mol. The van der Waals surface area contributed by atoms with Crippen molar-refractivity contribution in [2.75, 3.05) is 32.9 Å². The molecule has 2 aromatic rings. The van der Waals surface area contributed by atoms with Gasteiger partial charge in [0.15, 0.2) is 6.29 Å². The smallest absolute Gasteiger partial charge is 0.253 e. The Morgan fingerprint density at radius 3 is 2.65 bits per heavy atom. The van der Waals surface area contributed by atoms with E-state index in [-0.39, 0.29) is 31.3 Å². The fourth-order valence-corrected chi connectivity index (χ4v) is 4.05. The van der Waals surface area contributed by atoms with Gasteiger partial charge >= 0.3 is 0 Å². The van der Waals surface area contributed by atoms with Crippen molar-refractivity contribution in [2.45, 2.75) is 37.9 Å². The molecule has 0 saturated carbocycles. The lowest BCUT2D eigenvalue weighted by Crippen LogP contribution is -2.37. The maximum atomic E-state index is 13.1. The molecular weight excluding hydrogens is 437 g/mol. The summed E-state index contributed by atoms with van der Waals surface area (Å²) in [6.07, 6.45) is 3.60. The highest BCUT2D eigenvalue weighted by Gasteiger charge is 2.23. The zero-order valence-corrected chi connectivity index (χ0v) is 19.0. The molecule has 7 heteroatoms. The average molecular weight is 466 g/mol. The Bertz CT molecular complexity index is 828. The van der Waals surface area contributed by atoms with Crippen LogP contribution < -0.4 is 0 Å². The van der Waals surface area contributed by atoms with E-state index in [2.05, 4.69) is 0 Å². The van der Waals surface area contributed by atoms with Crippen molar-refractivity contribution >= 4 is 29.1 Å². The Kier molecular flexibility index (Phi) is 9.62. The van der Waals surface area contributed by atoms with E-state index in [9.17, 15) is 9.90 Å². The third kappa shape index (κ3) is 7.19. The molecule has 1 aliphatic rings. The van der Waals surface area contributed by atoms with Crippen molar-refractivity contribution in [3.8, 4) is 0 Å². The van der Waals surface area contributed by atoms with Crippen LogP contribution in [0.5, 0.6) is 0 Å². The van der Waals surface area contributed by atoms with Crippen LogP contribution in [0.1, 0.15) is 47.5 Å². The summed E-state index contributed by atoms with van der Waals surface area (Å²) in [7, 11) is 0. The first-order valence-electron chi connectivity index (χ1n) is 10.7. The maximum absolute atomic E-state index is 13.1. The van der Waals surface area contributed by atoms with Crippen LogP contribution in [0.3, 0.4) is 0 Å². The summed E-state index contributed by atoms with van der Waals surface area (Å²) in [4.78, 5) is 14.7. The first-order chi connectivity index (χ1) is 15.1. The summed E-state index contributed by atoms with van der Waals surface area (Å²) < 4.78 is 11.6. The number of halogens is 2. The van der Waals surface area contributed by atoms with Gasteiger partial charge in [-0.15, -0.1) is 0 Å². The SMILES string of the molecule is O=C(c1ccccc1)N(CCO)CC(CCOC1CCCCO1)c1ccc(Cl)c(Cl)c1. The zero-order chi connectivity index (χ0) is 22.1. The van der Waals surface area contributed by atoms with Crippen LogP contribution in [-0.4, -0.2) is 55.1 Å². The summed E-state index contributed by atoms with van der Waals surface area (Å²) in [5.41, 5.74) is 1.57. The molecule has 0 radical (unpaired) electrons. The van der Waals surface area contributed by atoms with Crippen molar-refractivity contribution in [3.63, 3.8) is 0 Å². The van der Waals surface area contributed by atoms with Crippen molar-refractivity contribution in [1.82, 2.24) is 4.90 Å². The fraction of sp³-hybridized carbons (Fsp3) is 0.458. The van der Waals surface area contributed by atoms with Gasteiger partial charge in [-0.05, 0) is 55.5 Å². The van der Waals surface area contributed by atoms with Crippen molar-refractivity contribution in [3.05, 3.63) is 69.7 Å². The molecule has 1 amide bonds. The molecule has 2 aromatic carbocycles. The van der Waals surface area contributed by atoms with E-state index < -0.39 is 0 Å². The van der Waals surface area contributed by atoms with E-state index in [0.29, 0.717) is 35.2 Å². The summed E-state index contributed by atoms with van der Waals surface area (Å²) in [6.45, 7) is 1.80. The third-order valence-electron chi connectivity index (χ3n) is 5.44. The number of hydrogen-bond donors (Lipinski definition) is 1. The lowest BCUT2D eigenvalue weighted by Gasteiger charge is -2.29. The molecule has 2 unspecified atom stereocenters. The molecule has 1 fully saturated rings. The highest BCUT2D eigenvalue weighted by Crippen LogP contribution is 2.29. The Morgan fingerprint density at radius 2 is 1.97 bits per heavy atom. The molecule has 3 rings (SSSR count). The molecule has 1 N–H and O–H groups in total. The highest BCUT2D eigenvalue weighted by molar-refractivity contribution is 6.42. The molecule has 1 saturated heterocycles. The van der Waals surface area contributed by atoms with Gasteiger partial charge in [0.1, 0.15) is 0 Å². The molecular formula is C24H29Cl2NO4. The van der Waals surface area contributed by atoms with E-state index in [1.54, 1.807) is 23.1 Å². The minimum atomic E-state index is -0.164. The molecule has 2 atom stereocenters. The molecule has 31 heavy (non-hydrogen) atoms. The van der Waals surface area contributed by atoms with Crippen LogP contribution in [-0.2, 0) is 9.47 Å². The number of carbonyl (C=O) groups excluding carboxylic acids is 1. The van der Waals surface area contributed by atoms with E-state index in [1.165, 1.54) is 0 Å². The van der Waals surface area contributed by atoms with Crippen molar-refractivity contribution in [2.24, 2.45) is 0 Å². The second kappa shape index (κ2) is 12.4. The molecule has 168 valence electrons. The monoisotopic (exact) mass is 465 g/mol. The van der Waals surface area contributed by atoms with E-state index in [0.717, 1.165) is 31.4 Å². The fourth-order valence-electron chi connectivity index (χ4n) is 3.74. The number of ether oxygens (including phenoxy) is 2. The molecule has 1 aliphatic heterocycles. The summed E-state index contributed by atoms with van der Waals surface area (Å²) in [5, 5.41) is 10.5. The maximum Gasteiger partial charge on any atom is 0.253 e. The molecule has 0 aliphatic carbocycles. The summed E-state index contributed by atoms with van der Waals surface area (Å²) in [5.74, 6) is -0.145. The van der Waals surface area contributed by atoms with Crippen LogP contribution in [0, 0.1) is 0 Å². The summed E-state index contributed by atoms with van der Waals surface area (Å²) >= 11 is 12.4. The van der Waals surface area contributed by atoms with Gasteiger partial charge in [-0.2, -0.15) is 0 Å². The Morgan fingerprint density at radius 1 is 1.16 bits per heavy atom. The van der Waals surface area contributed by atoms with Crippen LogP contribution in [0.2, 0.25) is 10.0 Å². The molecule has 0 aromatic heterocycles. The standard InChI is InChI=1S/C24H29Cl2NO4/c25-21-10-9-19(16-22(21)26)20(11-15-31-23-8-4-5-14-30-23)17-27(12-13-28)24(29)18-6-2-1-3-7-18/h1-3,6-7,9-10,16,20,23,28H,4-5,8,11-15,17H2. The van der Waals surface area contributed by atoms with Crippen molar-refractivity contribution < 1.29 is 19.4 Å². The minimum absolute atomic E-state index is 0.0300. The first-order valence-corrected chi connectivity index (χ1v) is 11.5. The normalized spacial score (nSPS) is 17.3. The van der Waals surface area contributed by atoms with Crippen LogP contribution >= 0.6 is 23.2 Å². The third-order valence-corrected chi connectivity index (χ3v) is 6.18. The van der Waals surface area contributed by atoms with Gasteiger partial charge in [-0.1, -0.05) is 47.5 Å². The average Bonchev–Trinajstić information content (AvgIpc) is 2.80. The number of nitrogens with zero attached hydrogens (tertiary/aromatic N) is 1. The zero-order valence-electron chi connectivity index (χ0n) is 17.5. The van der Waals surface area contributed by atoms with Gasteiger partial charge in [-0.25, -0.2) is 0 Å². The van der Waals surface area contributed by atoms with Crippen LogP contribution in [0.4, 0.5) is 0 Å². The lowest BCUT2D eigenvalue weighted by molar-refractivity contribution is -0.163. The number of benzene rings is 2. The topological polar surface area (TPSA) is 59.0 Å². The number of aliphatic hydroxyl groups excluding tert-OH is 1. The molecule has 0 bridgehead atoms. The number of aliphatic hydroxyl groups is 1. The van der Waals surface area contributed by atoms with E-state index in [4.69, 9.17) is 32.7 Å². The Labute approximate surface area is 193 Å². The van der Waals surface area contributed by atoms with Gasteiger partial charge in [-0.3, -0.25) is 4.79 Å². The number of hydrogen-bond acceptors (Lipinski definition) is 4. The lowest BCUT2D eigenvalue weighted by atomic mass is 9.95. The molecule has 1 heterocycles. The number of amides is 1. The summed E-state index contributed by atoms with van der Waals surface area (Å²) in [6, 6.07) is 14.6. The first kappa shape index (κ1) is 24.0. The predicted octanol–water partition coefficient (Wildman–Crippen LogP) is 5.15. The second-order valence-electron chi connectivity index (χ2n) is 7.67. The Balaban J connectivity index is 1.74. The number of carbonyl (C=O) groups is 1. The largest absolute Gasteiger partial charge is 0.395 e. The molecule has 0 spiro atoms. The second-order valence-corrected chi connectivity index (χ2v) is 8.48. The van der Waals surface area contributed by atoms with Gasteiger partial charge in [0.2, 0.25) is 0 Å².